The van der Waals surface area contributed by atoms with E-state index in [1.54, 1.807) is 0 Å². The van der Waals surface area contributed by atoms with Crippen LogP contribution >= 0.6 is 0 Å². The molecule has 150 valence electrons. The fourth-order valence-corrected chi connectivity index (χ4v) is 5.35. The molecule has 2 amide bonds. The number of carbonyl (C=O) groups is 1. The summed E-state index contributed by atoms with van der Waals surface area (Å²) in [5, 5.41) is 4.45. The smallest absolute Gasteiger partial charge is 0.322 e. The number of nitrogens with one attached hydrogen (secondary N) is 2. The van der Waals surface area contributed by atoms with Crippen LogP contribution in [0.2, 0.25) is 0 Å². The third-order valence-electron chi connectivity index (χ3n) is 7.14. The lowest BCUT2D eigenvalue weighted by Gasteiger charge is -2.48. The van der Waals surface area contributed by atoms with E-state index < -0.39 is 0 Å². The number of aromatic amines is 1. The molecule has 1 aliphatic heterocycles. The molecule has 1 spiro atoms. The van der Waals surface area contributed by atoms with Crippen LogP contribution in [0.15, 0.2) is 60.8 Å². The van der Waals surface area contributed by atoms with Gasteiger partial charge in [-0.25, -0.2) is 4.79 Å². The Labute approximate surface area is 171 Å². The van der Waals surface area contributed by atoms with Crippen molar-refractivity contribution in [3.8, 4) is 0 Å². The highest BCUT2D eigenvalue weighted by atomic mass is 16.2. The largest absolute Gasteiger partial charge is 0.359 e. The molecular weight excluding hydrogens is 360 g/mol. The van der Waals surface area contributed by atoms with E-state index in [0.29, 0.717) is 0 Å². The standard InChI is InChI=1S/C24H28N4O/c1-27(2)24(18-8-4-3-5-9-18)14-12-23(13-15-24)17-28(22(29)26-23)21-16-25-20-11-7-6-10-19(20)21/h3-11,16,25H,12-15,17H2,1-2H3,(H,26,29). The second-order valence-corrected chi connectivity index (χ2v) is 8.81. The summed E-state index contributed by atoms with van der Waals surface area (Å²) in [6, 6.07) is 19.0. The molecule has 5 heteroatoms. The van der Waals surface area contributed by atoms with Crippen LogP contribution in [0.5, 0.6) is 0 Å². The third kappa shape index (κ3) is 2.84. The minimum atomic E-state index is -0.149. The topological polar surface area (TPSA) is 51.4 Å². The zero-order chi connectivity index (χ0) is 20.1. The average Bonchev–Trinajstić information content (AvgIpc) is 3.30. The summed E-state index contributed by atoms with van der Waals surface area (Å²) in [5.41, 5.74) is 3.30. The van der Waals surface area contributed by atoms with E-state index in [0.717, 1.165) is 48.8 Å². The van der Waals surface area contributed by atoms with E-state index in [1.165, 1.54) is 5.56 Å². The number of amides is 2. The molecule has 0 atom stereocenters. The monoisotopic (exact) mass is 388 g/mol. The number of rotatable bonds is 3. The summed E-state index contributed by atoms with van der Waals surface area (Å²) in [6.07, 6.45) is 5.98. The van der Waals surface area contributed by atoms with Crippen LogP contribution in [0.25, 0.3) is 10.9 Å². The van der Waals surface area contributed by atoms with Crippen LogP contribution in [0, 0.1) is 0 Å². The molecule has 2 aromatic carbocycles. The number of anilines is 1. The molecule has 5 rings (SSSR count). The molecule has 0 unspecified atom stereocenters. The van der Waals surface area contributed by atoms with E-state index in [2.05, 4.69) is 71.8 Å². The first kappa shape index (κ1) is 18.3. The van der Waals surface area contributed by atoms with Crippen LogP contribution < -0.4 is 10.2 Å². The quantitative estimate of drug-likeness (QED) is 0.696. The minimum absolute atomic E-state index is 0.0202. The van der Waals surface area contributed by atoms with E-state index in [9.17, 15) is 4.79 Å². The first-order valence-corrected chi connectivity index (χ1v) is 10.4. The highest BCUT2D eigenvalue weighted by molar-refractivity contribution is 6.04. The Kier molecular flexibility index (Phi) is 4.17. The number of H-pyrrole nitrogens is 1. The van der Waals surface area contributed by atoms with Crippen LogP contribution in [-0.4, -0.2) is 42.1 Å². The number of nitrogens with zero attached hydrogens (tertiary/aromatic N) is 2. The number of hydrogen-bond acceptors (Lipinski definition) is 2. The van der Waals surface area contributed by atoms with E-state index in [4.69, 9.17) is 0 Å². The van der Waals surface area contributed by atoms with E-state index in [1.807, 2.05) is 23.2 Å². The van der Waals surface area contributed by atoms with Gasteiger partial charge in [0.05, 0.1) is 17.8 Å². The lowest BCUT2D eigenvalue weighted by Crippen LogP contribution is -2.54. The Morgan fingerprint density at radius 3 is 2.34 bits per heavy atom. The summed E-state index contributed by atoms with van der Waals surface area (Å²) in [6.45, 7) is 0.728. The predicted octanol–water partition coefficient (Wildman–Crippen LogP) is 4.47. The van der Waals surface area contributed by atoms with Gasteiger partial charge in [0.2, 0.25) is 0 Å². The van der Waals surface area contributed by atoms with Gasteiger partial charge in [-0.2, -0.15) is 0 Å². The highest BCUT2D eigenvalue weighted by Crippen LogP contribution is 2.46. The Morgan fingerprint density at radius 1 is 0.931 bits per heavy atom. The molecule has 1 saturated heterocycles. The van der Waals surface area contributed by atoms with Crippen molar-refractivity contribution in [3.63, 3.8) is 0 Å². The molecular formula is C24H28N4O. The van der Waals surface area contributed by atoms with Gasteiger partial charge in [0, 0.05) is 22.6 Å². The SMILES string of the molecule is CN(C)C1(c2ccccc2)CCC2(CC1)CN(c1c[nH]c3ccccc13)C(=O)N2. The van der Waals surface area contributed by atoms with Gasteiger partial charge < -0.3 is 10.3 Å². The molecule has 1 aromatic heterocycles. The number of carbonyl (C=O) groups excluding carboxylic acids is 1. The summed E-state index contributed by atoms with van der Waals surface area (Å²) in [4.78, 5) is 20.5. The van der Waals surface area contributed by atoms with Gasteiger partial charge in [-0.05, 0) is 51.4 Å². The molecule has 1 aliphatic carbocycles. The van der Waals surface area contributed by atoms with Crippen LogP contribution in [0.3, 0.4) is 0 Å². The van der Waals surface area contributed by atoms with Crippen molar-refractivity contribution in [3.05, 3.63) is 66.4 Å². The number of para-hydroxylation sites is 1. The Morgan fingerprint density at radius 2 is 1.62 bits per heavy atom. The summed E-state index contributed by atoms with van der Waals surface area (Å²) in [7, 11) is 4.35. The normalized spacial score (nSPS) is 27.1. The van der Waals surface area contributed by atoms with Crippen molar-refractivity contribution in [1.29, 1.82) is 0 Å². The lowest BCUT2D eigenvalue weighted by atomic mass is 9.69. The van der Waals surface area contributed by atoms with Crippen molar-refractivity contribution in [2.24, 2.45) is 0 Å². The van der Waals surface area contributed by atoms with Crippen molar-refractivity contribution in [2.75, 3.05) is 25.5 Å². The molecule has 5 nitrogen and oxygen atoms in total. The first-order chi connectivity index (χ1) is 14.0. The molecule has 1 saturated carbocycles. The number of hydrogen-bond donors (Lipinski definition) is 2. The van der Waals surface area contributed by atoms with Crippen molar-refractivity contribution >= 4 is 22.6 Å². The molecule has 0 bridgehead atoms. The van der Waals surface area contributed by atoms with Gasteiger partial charge in [0.1, 0.15) is 0 Å². The summed E-state index contributed by atoms with van der Waals surface area (Å²) < 4.78 is 0. The summed E-state index contributed by atoms with van der Waals surface area (Å²) in [5.74, 6) is 0. The van der Waals surface area contributed by atoms with Gasteiger partial charge in [0.25, 0.3) is 0 Å². The Hall–Kier alpha value is -2.79. The summed E-state index contributed by atoms with van der Waals surface area (Å²) >= 11 is 0. The van der Waals surface area contributed by atoms with Crippen molar-refractivity contribution < 1.29 is 4.79 Å². The molecule has 29 heavy (non-hydrogen) atoms. The van der Waals surface area contributed by atoms with Gasteiger partial charge in [-0.1, -0.05) is 48.5 Å². The fourth-order valence-electron chi connectivity index (χ4n) is 5.35. The zero-order valence-electron chi connectivity index (χ0n) is 17.1. The maximum absolute atomic E-state index is 12.9. The third-order valence-corrected chi connectivity index (χ3v) is 7.14. The van der Waals surface area contributed by atoms with Gasteiger partial charge in [-0.15, -0.1) is 0 Å². The maximum atomic E-state index is 12.9. The molecule has 2 aliphatic rings. The zero-order valence-corrected chi connectivity index (χ0v) is 17.1. The maximum Gasteiger partial charge on any atom is 0.322 e. The first-order valence-electron chi connectivity index (χ1n) is 10.4. The van der Waals surface area contributed by atoms with Crippen LogP contribution in [-0.2, 0) is 5.54 Å². The number of fused-ring (bicyclic) bond motifs is 1. The molecule has 2 N–H and O–H groups in total. The van der Waals surface area contributed by atoms with Crippen molar-refractivity contribution in [2.45, 2.75) is 36.8 Å². The number of aromatic nitrogens is 1. The second-order valence-electron chi connectivity index (χ2n) is 8.81. The second kappa shape index (κ2) is 6.63. The average molecular weight is 389 g/mol. The fraction of sp³-hybridized carbons (Fsp3) is 0.375. The minimum Gasteiger partial charge on any atom is -0.359 e. The van der Waals surface area contributed by atoms with Gasteiger partial charge >= 0.3 is 6.03 Å². The Bertz CT molecular complexity index is 1030. The molecule has 0 radical (unpaired) electrons. The van der Waals surface area contributed by atoms with E-state index >= 15 is 0 Å². The van der Waals surface area contributed by atoms with Crippen molar-refractivity contribution in [1.82, 2.24) is 15.2 Å². The predicted molar refractivity (Wildman–Crippen MR) is 117 cm³/mol. The number of benzene rings is 2. The molecule has 2 fully saturated rings. The number of urea groups is 1. The van der Waals surface area contributed by atoms with Crippen LogP contribution in [0.4, 0.5) is 10.5 Å². The van der Waals surface area contributed by atoms with E-state index in [-0.39, 0.29) is 17.1 Å². The lowest BCUT2D eigenvalue weighted by molar-refractivity contribution is 0.0658. The van der Waals surface area contributed by atoms with Crippen LogP contribution in [0.1, 0.15) is 31.2 Å². The van der Waals surface area contributed by atoms with Gasteiger partial charge in [0.15, 0.2) is 0 Å². The Balaban J connectivity index is 1.41. The highest BCUT2D eigenvalue weighted by Gasteiger charge is 2.50. The molecule has 2 heterocycles. The molecule has 3 aromatic rings. The van der Waals surface area contributed by atoms with Gasteiger partial charge in [-0.3, -0.25) is 9.80 Å².